The van der Waals surface area contributed by atoms with Crippen LogP contribution in [0.5, 0.6) is 0 Å². The lowest BCUT2D eigenvalue weighted by atomic mass is 9.92. The smallest absolute Gasteiger partial charge is 0.342 e. The molecule has 0 aliphatic carbocycles. The first-order chi connectivity index (χ1) is 10.7. The summed E-state index contributed by atoms with van der Waals surface area (Å²) in [5, 5.41) is 2.39. The maximum Gasteiger partial charge on any atom is 0.342 e. The van der Waals surface area contributed by atoms with Crippen molar-refractivity contribution in [3.05, 3.63) is 45.8 Å². The lowest BCUT2D eigenvalue weighted by Gasteiger charge is -2.32. The molecule has 0 amide bonds. The number of nitrogens with zero attached hydrogens (tertiary/aromatic N) is 1. The van der Waals surface area contributed by atoms with E-state index < -0.39 is 6.10 Å². The van der Waals surface area contributed by atoms with Gasteiger partial charge in [0.15, 0.2) is 6.29 Å². The van der Waals surface area contributed by atoms with Crippen LogP contribution in [0.25, 0.3) is 11.0 Å². The van der Waals surface area contributed by atoms with Gasteiger partial charge in [-0.1, -0.05) is 23.4 Å². The molecule has 0 spiro atoms. The maximum absolute atomic E-state index is 12.3. The molecule has 0 saturated carbocycles. The quantitative estimate of drug-likeness (QED) is 0.795. The van der Waals surface area contributed by atoms with E-state index >= 15 is 0 Å². The fraction of sp³-hybridized carbons (Fsp3) is 0.438. The molecule has 0 bridgehead atoms. The van der Waals surface area contributed by atoms with Gasteiger partial charge in [-0.25, -0.2) is 9.63 Å². The Labute approximate surface area is 127 Å². The van der Waals surface area contributed by atoms with Crippen LogP contribution in [-0.4, -0.2) is 18.1 Å². The third kappa shape index (κ3) is 1.99. The summed E-state index contributed by atoms with van der Waals surface area (Å²) in [5.74, 6) is 0. The number of ether oxygens (including phenoxy) is 1. The molecule has 3 atom stereocenters. The highest BCUT2D eigenvalue weighted by atomic mass is 17.0. The van der Waals surface area contributed by atoms with Crippen molar-refractivity contribution in [3.63, 3.8) is 0 Å². The van der Waals surface area contributed by atoms with Gasteiger partial charge < -0.3 is 9.15 Å². The van der Waals surface area contributed by atoms with Crippen LogP contribution in [0, 0.1) is 0 Å². The Hall–Kier alpha value is -1.73. The minimum absolute atomic E-state index is 0.170. The van der Waals surface area contributed by atoms with Crippen LogP contribution in [0.3, 0.4) is 0 Å². The Morgan fingerprint density at radius 2 is 2.09 bits per heavy atom. The van der Waals surface area contributed by atoms with Gasteiger partial charge in [-0.05, 0) is 25.5 Å². The lowest BCUT2D eigenvalue weighted by Crippen LogP contribution is -2.34. The monoisotopic (exact) mass is 303 g/mol. The van der Waals surface area contributed by atoms with Gasteiger partial charge in [0.2, 0.25) is 0 Å². The van der Waals surface area contributed by atoms with Crippen molar-refractivity contribution in [2.45, 2.75) is 38.7 Å². The summed E-state index contributed by atoms with van der Waals surface area (Å²) in [6.07, 6.45) is -0.173. The maximum atomic E-state index is 12.3. The Balaban J connectivity index is 1.91. The fourth-order valence-corrected chi connectivity index (χ4v) is 3.25. The number of hydrogen-bond acceptors (Lipinski definition) is 6. The first-order valence-electron chi connectivity index (χ1n) is 7.49. The van der Waals surface area contributed by atoms with Crippen molar-refractivity contribution < 1.29 is 18.8 Å². The topological polar surface area (TPSA) is 61.1 Å². The SMILES string of the molecule is CCO[C@@H]1C[C@H]2c3c(c(=O)oc4ccccc34)[C@H](C)ON2O1. The molecule has 6 heteroatoms. The third-order valence-corrected chi connectivity index (χ3v) is 4.14. The summed E-state index contributed by atoms with van der Waals surface area (Å²) in [6.45, 7) is 4.30. The standard InChI is InChI=1S/C16H17NO5/c1-3-19-13-8-11-15-10-6-4-5-7-12(10)20-16(18)14(15)9(2)21-17(11)22-13/h4-7,9,11,13H,3,8H2,1-2H3/t9-,11-,13-/m0/s1. The zero-order valence-corrected chi connectivity index (χ0v) is 12.4. The van der Waals surface area contributed by atoms with Crippen LogP contribution < -0.4 is 5.63 Å². The molecule has 2 aromatic rings. The molecule has 3 heterocycles. The van der Waals surface area contributed by atoms with E-state index in [1.807, 2.05) is 32.0 Å². The molecular formula is C16H17NO5. The predicted molar refractivity (Wildman–Crippen MR) is 77.7 cm³/mol. The van der Waals surface area contributed by atoms with Crippen molar-refractivity contribution in [3.8, 4) is 0 Å². The largest absolute Gasteiger partial charge is 0.422 e. The number of hydroxylamine groups is 2. The molecule has 22 heavy (non-hydrogen) atoms. The summed E-state index contributed by atoms with van der Waals surface area (Å²) in [4.78, 5) is 23.7. The van der Waals surface area contributed by atoms with Crippen LogP contribution in [-0.2, 0) is 14.4 Å². The number of benzene rings is 1. The summed E-state index contributed by atoms with van der Waals surface area (Å²) in [6, 6.07) is 7.38. The number of rotatable bonds is 2. The zero-order chi connectivity index (χ0) is 15.3. The molecule has 6 nitrogen and oxygen atoms in total. The van der Waals surface area contributed by atoms with Gasteiger partial charge in [-0.15, -0.1) is 0 Å². The van der Waals surface area contributed by atoms with Gasteiger partial charge >= 0.3 is 5.63 Å². The molecule has 116 valence electrons. The Morgan fingerprint density at radius 1 is 1.27 bits per heavy atom. The van der Waals surface area contributed by atoms with E-state index in [1.165, 1.54) is 5.23 Å². The van der Waals surface area contributed by atoms with E-state index in [2.05, 4.69) is 0 Å². The van der Waals surface area contributed by atoms with E-state index in [1.54, 1.807) is 6.07 Å². The van der Waals surface area contributed by atoms with Crippen LogP contribution in [0.2, 0.25) is 0 Å². The zero-order valence-electron chi connectivity index (χ0n) is 12.4. The van der Waals surface area contributed by atoms with E-state index in [4.69, 9.17) is 18.8 Å². The number of para-hydroxylation sites is 1. The van der Waals surface area contributed by atoms with Crippen LogP contribution in [0.15, 0.2) is 33.5 Å². The lowest BCUT2D eigenvalue weighted by molar-refractivity contribution is -0.415. The summed E-state index contributed by atoms with van der Waals surface area (Å²) < 4.78 is 11.0. The summed E-state index contributed by atoms with van der Waals surface area (Å²) in [7, 11) is 0. The predicted octanol–water partition coefficient (Wildman–Crippen LogP) is 2.84. The van der Waals surface area contributed by atoms with E-state index in [0.717, 1.165) is 10.9 Å². The molecule has 1 fully saturated rings. The van der Waals surface area contributed by atoms with Gasteiger partial charge in [-0.2, -0.15) is 0 Å². The molecular weight excluding hydrogens is 286 g/mol. The molecule has 4 rings (SSSR count). The third-order valence-electron chi connectivity index (χ3n) is 4.14. The van der Waals surface area contributed by atoms with Crippen LogP contribution in [0.4, 0.5) is 0 Å². The molecule has 1 aromatic heterocycles. The molecule has 2 aliphatic rings. The molecule has 1 aromatic carbocycles. The van der Waals surface area contributed by atoms with Crippen molar-refractivity contribution in [2.75, 3.05) is 6.61 Å². The van der Waals surface area contributed by atoms with Crippen molar-refractivity contribution in [2.24, 2.45) is 0 Å². The minimum atomic E-state index is -0.424. The Bertz CT molecular complexity index is 771. The van der Waals surface area contributed by atoms with Crippen molar-refractivity contribution >= 4 is 11.0 Å². The second-order valence-corrected chi connectivity index (χ2v) is 5.49. The molecule has 0 radical (unpaired) electrons. The minimum Gasteiger partial charge on any atom is -0.422 e. The van der Waals surface area contributed by atoms with E-state index in [0.29, 0.717) is 24.2 Å². The number of fused-ring (bicyclic) bond motifs is 5. The first-order valence-corrected chi connectivity index (χ1v) is 7.49. The second-order valence-electron chi connectivity index (χ2n) is 5.49. The first kappa shape index (κ1) is 13.9. The van der Waals surface area contributed by atoms with Gasteiger partial charge in [0.25, 0.3) is 0 Å². The number of hydrogen-bond donors (Lipinski definition) is 0. The molecule has 2 aliphatic heterocycles. The summed E-state index contributed by atoms with van der Waals surface area (Å²) >= 11 is 0. The molecule has 0 N–H and O–H groups in total. The van der Waals surface area contributed by atoms with Gasteiger partial charge in [-0.3, -0.25) is 4.84 Å². The second kappa shape index (κ2) is 5.17. The average molecular weight is 303 g/mol. The van der Waals surface area contributed by atoms with Crippen LogP contribution >= 0.6 is 0 Å². The van der Waals surface area contributed by atoms with E-state index in [9.17, 15) is 4.79 Å². The highest BCUT2D eigenvalue weighted by Crippen LogP contribution is 2.45. The van der Waals surface area contributed by atoms with Gasteiger partial charge in [0.1, 0.15) is 11.7 Å². The highest BCUT2D eigenvalue weighted by molar-refractivity contribution is 5.82. The highest BCUT2D eigenvalue weighted by Gasteiger charge is 2.44. The van der Waals surface area contributed by atoms with Crippen molar-refractivity contribution in [1.29, 1.82) is 0 Å². The van der Waals surface area contributed by atoms with Crippen molar-refractivity contribution in [1.82, 2.24) is 5.23 Å². The molecule has 0 unspecified atom stereocenters. The Morgan fingerprint density at radius 3 is 2.91 bits per heavy atom. The Kier molecular flexibility index (Phi) is 3.27. The fourth-order valence-electron chi connectivity index (χ4n) is 3.25. The normalized spacial score (nSPS) is 27.8. The van der Waals surface area contributed by atoms with E-state index in [-0.39, 0.29) is 18.0 Å². The van der Waals surface area contributed by atoms with Gasteiger partial charge in [0.05, 0.1) is 11.6 Å². The van der Waals surface area contributed by atoms with Gasteiger partial charge in [0, 0.05) is 18.4 Å². The summed E-state index contributed by atoms with van der Waals surface area (Å²) in [5.41, 5.74) is 1.73. The average Bonchev–Trinajstić information content (AvgIpc) is 2.89. The molecule has 1 saturated heterocycles. The van der Waals surface area contributed by atoms with Crippen LogP contribution in [0.1, 0.15) is 43.5 Å².